The molecular formula is C14H18N4O4. The van der Waals surface area contributed by atoms with Gasteiger partial charge in [-0.25, -0.2) is 15.0 Å². The van der Waals surface area contributed by atoms with Gasteiger partial charge in [0.05, 0.1) is 17.6 Å². The highest BCUT2D eigenvalue weighted by atomic mass is 16.5. The normalized spacial score (nSPS) is 10.4. The summed E-state index contributed by atoms with van der Waals surface area (Å²) in [6.07, 6.45) is 0.901. The van der Waals surface area contributed by atoms with Crippen LogP contribution in [0.5, 0.6) is 0 Å². The topological polar surface area (TPSA) is 116 Å². The van der Waals surface area contributed by atoms with Crippen LogP contribution in [-0.2, 0) is 16.0 Å². The molecule has 1 heterocycles. The van der Waals surface area contributed by atoms with Crippen molar-refractivity contribution >= 4 is 23.0 Å². The number of ether oxygens (including phenoxy) is 1. The number of hydrogen-bond donors (Lipinski definition) is 4. The third-order valence-electron chi connectivity index (χ3n) is 3.03. The Labute approximate surface area is 126 Å². The molecule has 118 valence electrons. The van der Waals surface area contributed by atoms with Gasteiger partial charge in [0.25, 0.3) is 0 Å². The number of carbonyl (C=O) groups excluding carboxylic acids is 2. The second kappa shape index (κ2) is 7.30. The molecule has 0 aliphatic rings. The molecule has 2 aromatic rings. The molecule has 4 N–H and O–H groups in total. The van der Waals surface area contributed by atoms with E-state index >= 15 is 0 Å². The van der Waals surface area contributed by atoms with Gasteiger partial charge in [-0.05, 0) is 37.5 Å². The molecule has 0 aliphatic heterocycles. The smallest absolute Gasteiger partial charge is 0.426 e. The van der Waals surface area contributed by atoms with Gasteiger partial charge < -0.3 is 14.7 Å². The Morgan fingerprint density at radius 3 is 2.73 bits per heavy atom. The second-order valence-corrected chi connectivity index (χ2v) is 4.71. The predicted octanol–water partition coefficient (Wildman–Crippen LogP) is 0.956. The first-order chi connectivity index (χ1) is 10.6. The van der Waals surface area contributed by atoms with E-state index in [1.807, 2.05) is 18.2 Å². The highest BCUT2D eigenvalue weighted by molar-refractivity contribution is 5.79. The molecule has 0 aliphatic carbocycles. The van der Waals surface area contributed by atoms with Crippen LogP contribution in [0.2, 0.25) is 0 Å². The lowest BCUT2D eigenvalue weighted by molar-refractivity contribution is -0.122. The molecule has 0 bridgehead atoms. The lowest BCUT2D eigenvalue weighted by Gasteiger charge is -2.07. The van der Waals surface area contributed by atoms with Gasteiger partial charge in [-0.1, -0.05) is 6.07 Å². The first-order valence-electron chi connectivity index (χ1n) is 7.01. The maximum absolute atomic E-state index is 11.5. The van der Waals surface area contributed by atoms with E-state index in [2.05, 4.69) is 25.6 Å². The fraction of sp³-hybridized carbons (Fsp3) is 0.357. The summed E-state index contributed by atoms with van der Waals surface area (Å²) in [7, 11) is 0. The van der Waals surface area contributed by atoms with Crippen LogP contribution in [0.4, 0.5) is 4.79 Å². The number of benzene rings is 1. The predicted molar refractivity (Wildman–Crippen MR) is 80.2 cm³/mol. The number of aromatic amines is 2. The molecule has 0 spiro atoms. The highest BCUT2D eigenvalue weighted by Gasteiger charge is 2.05. The lowest BCUT2D eigenvalue weighted by atomic mass is 10.1. The van der Waals surface area contributed by atoms with Crippen molar-refractivity contribution in [1.82, 2.24) is 20.8 Å². The van der Waals surface area contributed by atoms with Crippen molar-refractivity contribution < 1.29 is 14.3 Å². The van der Waals surface area contributed by atoms with Crippen molar-refractivity contribution in [3.8, 4) is 0 Å². The van der Waals surface area contributed by atoms with E-state index in [4.69, 9.17) is 0 Å². The molecule has 0 atom stereocenters. The Morgan fingerprint density at radius 2 is 1.95 bits per heavy atom. The van der Waals surface area contributed by atoms with Crippen molar-refractivity contribution in [3.05, 3.63) is 34.2 Å². The van der Waals surface area contributed by atoms with Crippen LogP contribution < -0.4 is 16.5 Å². The first kappa shape index (κ1) is 15.6. The summed E-state index contributed by atoms with van der Waals surface area (Å²) in [5, 5.41) is 0. The largest absolute Gasteiger partial charge is 0.449 e. The zero-order valence-electron chi connectivity index (χ0n) is 12.2. The Bertz CT molecular complexity index is 719. The summed E-state index contributed by atoms with van der Waals surface area (Å²) in [4.78, 5) is 39.0. The number of hydrazine groups is 1. The van der Waals surface area contributed by atoms with Gasteiger partial charge in [-0.3, -0.25) is 10.2 Å². The van der Waals surface area contributed by atoms with Gasteiger partial charge in [0, 0.05) is 6.42 Å². The SMILES string of the molecule is CCOC(=O)NNC(=O)CCCc1ccc2[nH]c(=O)[nH]c2c1. The van der Waals surface area contributed by atoms with Crippen molar-refractivity contribution in [3.63, 3.8) is 0 Å². The minimum absolute atomic E-state index is 0.239. The third-order valence-corrected chi connectivity index (χ3v) is 3.03. The molecular weight excluding hydrogens is 288 g/mol. The Kier molecular flexibility index (Phi) is 5.18. The van der Waals surface area contributed by atoms with Gasteiger partial charge in [0.15, 0.2) is 0 Å². The molecule has 2 amide bonds. The Hall–Kier alpha value is -2.77. The van der Waals surface area contributed by atoms with Gasteiger partial charge >= 0.3 is 11.8 Å². The molecule has 2 rings (SSSR count). The lowest BCUT2D eigenvalue weighted by Crippen LogP contribution is -2.41. The third kappa shape index (κ3) is 4.37. The number of fused-ring (bicyclic) bond motifs is 1. The molecule has 0 radical (unpaired) electrons. The average molecular weight is 306 g/mol. The number of aromatic nitrogens is 2. The molecule has 8 heteroatoms. The highest BCUT2D eigenvalue weighted by Crippen LogP contribution is 2.12. The standard InChI is InChI=1S/C14H18N4O4/c1-2-22-14(21)18-17-12(19)5-3-4-9-6-7-10-11(8-9)16-13(20)15-10/h6-8H,2-5H2,1H3,(H,17,19)(H,18,21)(H2,15,16,20). The van der Waals surface area contributed by atoms with E-state index in [1.54, 1.807) is 6.92 Å². The zero-order valence-corrected chi connectivity index (χ0v) is 12.2. The molecule has 0 saturated heterocycles. The van der Waals surface area contributed by atoms with E-state index in [9.17, 15) is 14.4 Å². The number of imidazole rings is 1. The number of carbonyl (C=O) groups is 2. The summed E-state index contributed by atoms with van der Waals surface area (Å²) < 4.78 is 4.61. The maximum atomic E-state index is 11.5. The summed E-state index contributed by atoms with van der Waals surface area (Å²) in [5.74, 6) is -0.288. The van der Waals surface area contributed by atoms with E-state index in [-0.39, 0.29) is 24.6 Å². The molecule has 0 unspecified atom stereocenters. The number of nitrogens with one attached hydrogen (secondary N) is 4. The van der Waals surface area contributed by atoms with Crippen LogP contribution in [-0.4, -0.2) is 28.6 Å². The van der Waals surface area contributed by atoms with Crippen LogP contribution in [0.1, 0.15) is 25.3 Å². The van der Waals surface area contributed by atoms with Crippen LogP contribution in [0.3, 0.4) is 0 Å². The van der Waals surface area contributed by atoms with Crippen LogP contribution in [0.15, 0.2) is 23.0 Å². The quantitative estimate of drug-likeness (QED) is 0.615. The van der Waals surface area contributed by atoms with E-state index in [0.29, 0.717) is 12.8 Å². The molecule has 1 aromatic heterocycles. The van der Waals surface area contributed by atoms with E-state index in [1.165, 1.54) is 0 Å². The van der Waals surface area contributed by atoms with Crippen LogP contribution in [0.25, 0.3) is 11.0 Å². The summed E-state index contributed by atoms with van der Waals surface area (Å²) in [6.45, 7) is 1.92. The van der Waals surface area contributed by atoms with Crippen LogP contribution in [0, 0.1) is 0 Å². The fourth-order valence-corrected chi connectivity index (χ4v) is 2.04. The molecule has 1 aromatic carbocycles. The first-order valence-corrected chi connectivity index (χ1v) is 7.01. The molecule has 22 heavy (non-hydrogen) atoms. The number of hydrogen-bond acceptors (Lipinski definition) is 4. The second-order valence-electron chi connectivity index (χ2n) is 4.71. The van der Waals surface area contributed by atoms with Gasteiger partial charge in [-0.2, -0.15) is 0 Å². The maximum Gasteiger partial charge on any atom is 0.426 e. The van der Waals surface area contributed by atoms with Crippen molar-refractivity contribution in [2.24, 2.45) is 0 Å². The average Bonchev–Trinajstić information content (AvgIpc) is 2.85. The van der Waals surface area contributed by atoms with Crippen LogP contribution >= 0.6 is 0 Å². The van der Waals surface area contributed by atoms with Gasteiger partial charge in [0.1, 0.15) is 0 Å². The minimum atomic E-state index is -0.683. The van der Waals surface area contributed by atoms with Crippen molar-refractivity contribution in [2.45, 2.75) is 26.2 Å². The van der Waals surface area contributed by atoms with Crippen molar-refractivity contribution in [1.29, 1.82) is 0 Å². The molecule has 0 saturated carbocycles. The van der Waals surface area contributed by atoms with Gasteiger partial charge in [0.2, 0.25) is 5.91 Å². The van der Waals surface area contributed by atoms with Crippen molar-refractivity contribution in [2.75, 3.05) is 6.61 Å². The Morgan fingerprint density at radius 1 is 1.18 bits per heavy atom. The number of H-pyrrole nitrogens is 2. The summed E-state index contributed by atoms with van der Waals surface area (Å²) in [6, 6.07) is 5.60. The Balaban J connectivity index is 1.76. The van der Waals surface area contributed by atoms with E-state index in [0.717, 1.165) is 16.6 Å². The van der Waals surface area contributed by atoms with Gasteiger partial charge in [-0.15, -0.1) is 0 Å². The fourth-order valence-electron chi connectivity index (χ4n) is 2.04. The molecule has 0 fully saturated rings. The monoisotopic (exact) mass is 306 g/mol. The summed E-state index contributed by atoms with van der Waals surface area (Å²) >= 11 is 0. The van der Waals surface area contributed by atoms with E-state index < -0.39 is 6.09 Å². The number of aryl methyl sites for hydroxylation is 1. The molecule has 8 nitrogen and oxygen atoms in total. The number of rotatable bonds is 5. The number of amides is 2. The zero-order chi connectivity index (χ0) is 15.9. The minimum Gasteiger partial charge on any atom is -0.449 e. The summed E-state index contributed by atoms with van der Waals surface area (Å²) in [5.41, 5.74) is 6.71.